The van der Waals surface area contributed by atoms with Crippen LogP contribution >= 0.6 is 11.3 Å². The van der Waals surface area contributed by atoms with Gasteiger partial charge in [0.2, 0.25) is 11.8 Å². The standard InChI is InChI=1S/C22H16FN5OS/c23-16-8-6-14(7-9-16)17-12-30-22-19(17)20(25-13-26-22)24-11-10-18-27-28-21(29-18)15-4-2-1-3-5-15/h1-9,12-13H,10-11H2,(H,24,25,26). The summed E-state index contributed by atoms with van der Waals surface area (Å²) in [6.07, 6.45) is 2.09. The van der Waals surface area contributed by atoms with Gasteiger partial charge in [-0.05, 0) is 29.8 Å². The first-order valence-corrected chi connectivity index (χ1v) is 10.3. The number of anilines is 1. The van der Waals surface area contributed by atoms with E-state index in [1.54, 1.807) is 12.1 Å². The molecule has 2 aromatic carbocycles. The van der Waals surface area contributed by atoms with E-state index in [0.29, 0.717) is 24.7 Å². The number of fused-ring (bicyclic) bond motifs is 1. The Morgan fingerprint density at radius 3 is 2.60 bits per heavy atom. The largest absolute Gasteiger partial charge is 0.421 e. The van der Waals surface area contributed by atoms with Crippen LogP contribution in [0.4, 0.5) is 10.2 Å². The van der Waals surface area contributed by atoms with Crippen molar-refractivity contribution in [3.63, 3.8) is 0 Å². The molecule has 0 fully saturated rings. The number of benzene rings is 2. The molecule has 0 unspecified atom stereocenters. The lowest BCUT2D eigenvalue weighted by Crippen LogP contribution is -2.07. The summed E-state index contributed by atoms with van der Waals surface area (Å²) in [5.74, 6) is 1.52. The van der Waals surface area contributed by atoms with Crippen LogP contribution in [-0.4, -0.2) is 26.7 Å². The minimum Gasteiger partial charge on any atom is -0.421 e. The van der Waals surface area contributed by atoms with Gasteiger partial charge in [-0.1, -0.05) is 30.3 Å². The van der Waals surface area contributed by atoms with Crippen LogP contribution in [0.25, 0.3) is 32.8 Å². The molecule has 5 aromatic rings. The third-order valence-corrected chi connectivity index (χ3v) is 5.53. The van der Waals surface area contributed by atoms with Crippen molar-refractivity contribution >= 4 is 27.4 Å². The van der Waals surface area contributed by atoms with Gasteiger partial charge < -0.3 is 9.73 Å². The van der Waals surface area contributed by atoms with Crippen molar-refractivity contribution < 1.29 is 8.81 Å². The number of rotatable bonds is 6. The minimum absolute atomic E-state index is 0.262. The molecule has 1 N–H and O–H groups in total. The van der Waals surface area contributed by atoms with E-state index in [4.69, 9.17) is 4.42 Å². The van der Waals surface area contributed by atoms with Crippen LogP contribution < -0.4 is 5.32 Å². The predicted molar refractivity (Wildman–Crippen MR) is 115 cm³/mol. The smallest absolute Gasteiger partial charge is 0.247 e. The number of halogens is 1. The second-order valence-corrected chi connectivity index (χ2v) is 7.46. The van der Waals surface area contributed by atoms with Gasteiger partial charge in [-0.3, -0.25) is 0 Å². The predicted octanol–water partition coefficient (Wildman–Crippen LogP) is 5.20. The topological polar surface area (TPSA) is 76.7 Å². The van der Waals surface area contributed by atoms with Crippen molar-refractivity contribution in [1.82, 2.24) is 20.2 Å². The molecule has 0 aliphatic carbocycles. The van der Waals surface area contributed by atoms with Gasteiger partial charge in [0, 0.05) is 29.5 Å². The van der Waals surface area contributed by atoms with Gasteiger partial charge in [-0.2, -0.15) is 0 Å². The van der Waals surface area contributed by atoms with Crippen molar-refractivity contribution in [2.75, 3.05) is 11.9 Å². The van der Waals surface area contributed by atoms with E-state index < -0.39 is 0 Å². The van der Waals surface area contributed by atoms with E-state index >= 15 is 0 Å². The Labute approximate surface area is 175 Å². The SMILES string of the molecule is Fc1ccc(-c2csc3ncnc(NCCc4nnc(-c5ccccc5)o4)c23)cc1. The van der Waals surface area contributed by atoms with Crippen LogP contribution in [0, 0.1) is 5.82 Å². The summed E-state index contributed by atoms with van der Waals surface area (Å²) in [7, 11) is 0. The van der Waals surface area contributed by atoms with Crippen molar-refractivity contribution in [3.05, 3.63) is 78.0 Å². The average Bonchev–Trinajstić information content (AvgIpc) is 3.43. The van der Waals surface area contributed by atoms with Gasteiger partial charge in [-0.15, -0.1) is 21.5 Å². The molecule has 3 heterocycles. The third kappa shape index (κ3) is 3.65. The lowest BCUT2D eigenvalue weighted by molar-refractivity contribution is 0.509. The van der Waals surface area contributed by atoms with E-state index in [2.05, 4.69) is 25.5 Å². The number of thiophene rings is 1. The number of hydrogen-bond acceptors (Lipinski definition) is 7. The lowest BCUT2D eigenvalue weighted by atomic mass is 10.1. The van der Waals surface area contributed by atoms with E-state index in [-0.39, 0.29) is 5.82 Å². The summed E-state index contributed by atoms with van der Waals surface area (Å²) in [5.41, 5.74) is 2.79. The summed E-state index contributed by atoms with van der Waals surface area (Å²) in [4.78, 5) is 9.64. The molecule has 0 spiro atoms. The first-order valence-electron chi connectivity index (χ1n) is 9.38. The zero-order chi connectivity index (χ0) is 20.3. The molecule has 0 aliphatic heterocycles. The highest BCUT2D eigenvalue weighted by molar-refractivity contribution is 7.17. The quantitative estimate of drug-likeness (QED) is 0.409. The monoisotopic (exact) mass is 417 g/mol. The van der Waals surface area contributed by atoms with Crippen molar-refractivity contribution in [2.45, 2.75) is 6.42 Å². The molecule has 0 atom stereocenters. The fourth-order valence-electron chi connectivity index (χ4n) is 3.19. The van der Waals surface area contributed by atoms with Crippen molar-refractivity contribution in [2.24, 2.45) is 0 Å². The molecule has 0 bridgehead atoms. The molecule has 3 aromatic heterocycles. The second-order valence-electron chi connectivity index (χ2n) is 6.60. The second kappa shape index (κ2) is 8.00. The molecule has 5 rings (SSSR count). The maximum atomic E-state index is 13.3. The molecular formula is C22H16FN5OS. The maximum Gasteiger partial charge on any atom is 0.247 e. The molecule has 0 radical (unpaired) electrons. The highest BCUT2D eigenvalue weighted by Crippen LogP contribution is 2.36. The Balaban J connectivity index is 1.34. The molecule has 6 nitrogen and oxygen atoms in total. The van der Waals surface area contributed by atoms with Gasteiger partial charge >= 0.3 is 0 Å². The molecule has 0 saturated carbocycles. The Kier molecular flexibility index (Phi) is 4.90. The molecular weight excluding hydrogens is 401 g/mol. The molecule has 148 valence electrons. The van der Waals surface area contributed by atoms with E-state index in [9.17, 15) is 4.39 Å². The zero-order valence-electron chi connectivity index (χ0n) is 15.7. The summed E-state index contributed by atoms with van der Waals surface area (Å²) in [6.45, 7) is 0.571. The first kappa shape index (κ1) is 18.4. The molecule has 0 aliphatic rings. The number of aromatic nitrogens is 4. The van der Waals surface area contributed by atoms with Crippen molar-refractivity contribution in [1.29, 1.82) is 0 Å². The average molecular weight is 417 g/mol. The van der Waals surface area contributed by atoms with Crippen LogP contribution in [0.3, 0.4) is 0 Å². The number of nitrogens with one attached hydrogen (secondary N) is 1. The normalized spacial score (nSPS) is 11.1. The van der Waals surface area contributed by atoms with Gasteiger partial charge in [0.15, 0.2) is 0 Å². The summed E-state index contributed by atoms with van der Waals surface area (Å²) in [5, 5.41) is 14.5. The third-order valence-electron chi connectivity index (χ3n) is 4.64. The zero-order valence-corrected chi connectivity index (χ0v) is 16.6. The first-order chi connectivity index (χ1) is 14.8. The molecule has 0 amide bonds. The Morgan fingerprint density at radius 2 is 1.77 bits per heavy atom. The van der Waals surface area contributed by atoms with E-state index in [1.807, 2.05) is 35.7 Å². The maximum absolute atomic E-state index is 13.3. The van der Waals surface area contributed by atoms with Crippen LogP contribution in [-0.2, 0) is 6.42 Å². The molecule has 0 saturated heterocycles. The Hall–Kier alpha value is -3.65. The van der Waals surface area contributed by atoms with Crippen LogP contribution in [0.2, 0.25) is 0 Å². The Bertz CT molecular complexity index is 1280. The van der Waals surface area contributed by atoms with Gasteiger partial charge in [0.25, 0.3) is 0 Å². The fourth-order valence-corrected chi connectivity index (χ4v) is 4.11. The molecule has 30 heavy (non-hydrogen) atoms. The highest BCUT2D eigenvalue weighted by Gasteiger charge is 2.14. The van der Waals surface area contributed by atoms with Crippen molar-refractivity contribution in [3.8, 4) is 22.6 Å². The highest BCUT2D eigenvalue weighted by atomic mass is 32.1. The van der Waals surface area contributed by atoms with Crippen LogP contribution in [0.15, 0.2) is 70.7 Å². The minimum atomic E-state index is -0.262. The summed E-state index contributed by atoms with van der Waals surface area (Å²) < 4.78 is 19.1. The number of nitrogens with zero attached hydrogens (tertiary/aromatic N) is 4. The van der Waals surface area contributed by atoms with Gasteiger partial charge in [0.1, 0.15) is 22.8 Å². The van der Waals surface area contributed by atoms with E-state index in [1.165, 1.54) is 29.8 Å². The summed E-state index contributed by atoms with van der Waals surface area (Å²) >= 11 is 1.53. The van der Waals surface area contributed by atoms with Gasteiger partial charge in [-0.25, -0.2) is 14.4 Å². The fraction of sp³-hybridized carbons (Fsp3) is 0.0909. The Morgan fingerprint density at radius 1 is 0.933 bits per heavy atom. The lowest BCUT2D eigenvalue weighted by Gasteiger charge is -2.07. The van der Waals surface area contributed by atoms with Crippen LogP contribution in [0.1, 0.15) is 5.89 Å². The number of hydrogen-bond donors (Lipinski definition) is 1. The van der Waals surface area contributed by atoms with Crippen LogP contribution in [0.5, 0.6) is 0 Å². The van der Waals surface area contributed by atoms with Gasteiger partial charge in [0.05, 0.1) is 5.39 Å². The molecule has 8 heteroatoms. The van der Waals surface area contributed by atoms with E-state index in [0.717, 1.165) is 32.7 Å². The summed E-state index contributed by atoms with van der Waals surface area (Å²) in [6, 6.07) is 16.1.